The normalized spacial score (nSPS) is 18.3. The van der Waals surface area contributed by atoms with Crippen molar-refractivity contribution in [2.24, 2.45) is 4.99 Å². The van der Waals surface area contributed by atoms with Crippen molar-refractivity contribution in [2.75, 3.05) is 5.32 Å². The molecule has 3 heteroatoms. The molecule has 0 saturated carbocycles. The van der Waals surface area contributed by atoms with Gasteiger partial charge in [-0.3, -0.25) is 4.99 Å². The Hall–Kier alpha value is -1.61. The number of nitrogens with one attached hydrogen (secondary N) is 1. The molecule has 1 unspecified atom stereocenters. The minimum atomic E-state index is 0.169. The van der Waals surface area contributed by atoms with E-state index in [9.17, 15) is 0 Å². The molecular formula is C12H10N2S. The van der Waals surface area contributed by atoms with Gasteiger partial charge < -0.3 is 5.32 Å². The summed E-state index contributed by atoms with van der Waals surface area (Å²) in [5.41, 5.74) is 2.41. The van der Waals surface area contributed by atoms with E-state index >= 15 is 0 Å². The Morgan fingerprint density at radius 3 is 2.93 bits per heavy atom. The highest BCUT2D eigenvalue weighted by Crippen LogP contribution is 2.35. The van der Waals surface area contributed by atoms with E-state index in [4.69, 9.17) is 0 Å². The number of hydrogen-bond acceptors (Lipinski definition) is 3. The molecule has 2 aromatic rings. The van der Waals surface area contributed by atoms with Crippen LogP contribution < -0.4 is 5.32 Å². The first-order valence-electron chi connectivity index (χ1n) is 4.85. The van der Waals surface area contributed by atoms with Crippen molar-refractivity contribution < 1.29 is 0 Å². The standard InChI is InChI=1S/C12H10N2S/c1-2-5-10-9(4-1)12(14-8-13-10)11-6-3-7-15-11/h1-8,12H,(H,13,14). The molecule has 0 spiro atoms. The van der Waals surface area contributed by atoms with Crippen LogP contribution in [0, 0.1) is 0 Å². The second-order valence-electron chi connectivity index (χ2n) is 3.43. The van der Waals surface area contributed by atoms with E-state index < -0.39 is 0 Å². The van der Waals surface area contributed by atoms with Gasteiger partial charge in [0.1, 0.15) is 6.04 Å². The Balaban J connectivity index is 2.11. The van der Waals surface area contributed by atoms with Gasteiger partial charge in [0.15, 0.2) is 0 Å². The molecule has 15 heavy (non-hydrogen) atoms. The smallest absolute Gasteiger partial charge is 0.113 e. The third-order valence-corrected chi connectivity index (χ3v) is 3.44. The summed E-state index contributed by atoms with van der Waals surface area (Å²) in [4.78, 5) is 5.78. The zero-order chi connectivity index (χ0) is 10.1. The summed E-state index contributed by atoms with van der Waals surface area (Å²) in [5.74, 6) is 0. The molecular weight excluding hydrogens is 204 g/mol. The maximum Gasteiger partial charge on any atom is 0.113 e. The summed E-state index contributed by atoms with van der Waals surface area (Å²) in [6.45, 7) is 0. The lowest BCUT2D eigenvalue weighted by Gasteiger charge is -2.19. The monoisotopic (exact) mass is 214 g/mol. The van der Waals surface area contributed by atoms with E-state index in [1.54, 1.807) is 17.7 Å². The molecule has 2 nitrogen and oxygen atoms in total. The summed E-state index contributed by atoms with van der Waals surface area (Å²) in [5, 5.41) is 5.26. The number of rotatable bonds is 1. The molecule has 74 valence electrons. The number of anilines is 1. The van der Waals surface area contributed by atoms with Crippen LogP contribution >= 0.6 is 11.3 Å². The van der Waals surface area contributed by atoms with Gasteiger partial charge in [0.2, 0.25) is 0 Å². The van der Waals surface area contributed by atoms with E-state index in [2.05, 4.69) is 46.0 Å². The molecule has 0 radical (unpaired) electrons. The van der Waals surface area contributed by atoms with Crippen molar-refractivity contribution in [1.29, 1.82) is 0 Å². The lowest BCUT2D eigenvalue weighted by atomic mass is 10.0. The second-order valence-corrected chi connectivity index (χ2v) is 4.41. The summed E-state index contributed by atoms with van der Waals surface area (Å²) >= 11 is 1.75. The van der Waals surface area contributed by atoms with Gasteiger partial charge in [-0.05, 0) is 17.5 Å². The molecule has 1 aliphatic rings. The molecule has 1 aromatic carbocycles. The summed E-state index contributed by atoms with van der Waals surface area (Å²) in [6.07, 6.45) is 1.78. The fourth-order valence-electron chi connectivity index (χ4n) is 1.80. The van der Waals surface area contributed by atoms with E-state index in [0.717, 1.165) is 5.69 Å². The van der Waals surface area contributed by atoms with E-state index in [0.29, 0.717) is 0 Å². The average molecular weight is 214 g/mol. The first-order valence-corrected chi connectivity index (χ1v) is 5.73. The van der Waals surface area contributed by atoms with Crippen molar-refractivity contribution in [3.05, 3.63) is 52.2 Å². The van der Waals surface area contributed by atoms with Gasteiger partial charge in [-0.1, -0.05) is 24.3 Å². The Morgan fingerprint density at radius 2 is 2.07 bits per heavy atom. The number of thiophene rings is 1. The quantitative estimate of drug-likeness (QED) is 0.774. The molecule has 1 N–H and O–H groups in total. The van der Waals surface area contributed by atoms with Gasteiger partial charge in [-0.15, -0.1) is 11.3 Å². The van der Waals surface area contributed by atoms with E-state index in [1.165, 1.54) is 10.4 Å². The van der Waals surface area contributed by atoms with Crippen molar-refractivity contribution in [1.82, 2.24) is 0 Å². The molecule has 1 aliphatic heterocycles. The third kappa shape index (κ3) is 1.45. The van der Waals surface area contributed by atoms with E-state index in [-0.39, 0.29) is 6.04 Å². The molecule has 1 aromatic heterocycles. The number of para-hydroxylation sites is 1. The molecule has 0 aliphatic carbocycles. The average Bonchev–Trinajstić information content (AvgIpc) is 2.82. The Bertz CT molecular complexity index is 488. The Morgan fingerprint density at radius 1 is 1.13 bits per heavy atom. The fourth-order valence-corrected chi connectivity index (χ4v) is 2.59. The molecule has 0 fully saturated rings. The van der Waals surface area contributed by atoms with Crippen LogP contribution in [-0.4, -0.2) is 6.34 Å². The molecule has 3 rings (SSSR count). The van der Waals surface area contributed by atoms with Gasteiger partial charge in [-0.2, -0.15) is 0 Å². The number of hydrogen-bond donors (Lipinski definition) is 1. The Labute approximate surface area is 92.3 Å². The van der Waals surface area contributed by atoms with Crippen molar-refractivity contribution in [3.8, 4) is 0 Å². The summed E-state index contributed by atoms with van der Waals surface area (Å²) in [7, 11) is 0. The van der Waals surface area contributed by atoms with Gasteiger partial charge >= 0.3 is 0 Å². The summed E-state index contributed by atoms with van der Waals surface area (Å²) < 4.78 is 0. The van der Waals surface area contributed by atoms with E-state index in [1.807, 2.05) is 6.07 Å². The van der Waals surface area contributed by atoms with Crippen molar-refractivity contribution in [2.45, 2.75) is 6.04 Å². The minimum Gasteiger partial charge on any atom is -0.346 e. The molecule has 0 amide bonds. The predicted molar refractivity (Wildman–Crippen MR) is 64.7 cm³/mol. The zero-order valence-corrected chi connectivity index (χ0v) is 8.87. The largest absolute Gasteiger partial charge is 0.346 e. The number of nitrogens with zero attached hydrogens (tertiary/aromatic N) is 1. The molecule has 2 heterocycles. The highest BCUT2D eigenvalue weighted by molar-refractivity contribution is 7.10. The van der Waals surface area contributed by atoms with Gasteiger partial charge in [0.25, 0.3) is 0 Å². The van der Waals surface area contributed by atoms with Crippen LogP contribution in [-0.2, 0) is 0 Å². The van der Waals surface area contributed by atoms with Gasteiger partial charge in [-0.25, -0.2) is 0 Å². The van der Waals surface area contributed by atoms with Crippen LogP contribution in [0.4, 0.5) is 5.69 Å². The maximum atomic E-state index is 4.49. The summed E-state index contributed by atoms with van der Waals surface area (Å²) in [6, 6.07) is 12.7. The number of aliphatic imine (C=N–C) groups is 1. The van der Waals surface area contributed by atoms with Crippen molar-refractivity contribution >= 4 is 23.4 Å². The van der Waals surface area contributed by atoms with Crippen LogP contribution in [0.3, 0.4) is 0 Å². The highest BCUT2D eigenvalue weighted by atomic mass is 32.1. The second kappa shape index (κ2) is 3.51. The molecule has 0 bridgehead atoms. The lowest BCUT2D eigenvalue weighted by Crippen LogP contribution is -2.10. The maximum absolute atomic E-state index is 4.49. The number of benzene rings is 1. The third-order valence-electron chi connectivity index (χ3n) is 2.51. The number of fused-ring (bicyclic) bond motifs is 1. The first kappa shape index (κ1) is 8.68. The van der Waals surface area contributed by atoms with Gasteiger partial charge in [0.05, 0.1) is 6.34 Å². The van der Waals surface area contributed by atoms with Crippen LogP contribution in [0.2, 0.25) is 0 Å². The highest BCUT2D eigenvalue weighted by Gasteiger charge is 2.18. The van der Waals surface area contributed by atoms with Crippen LogP contribution in [0.25, 0.3) is 0 Å². The molecule has 0 saturated heterocycles. The first-order chi connectivity index (χ1) is 7.45. The minimum absolute atomic E-state index is 0.169. The van der Waals surface area contributed by atoms with Crippen molar-refractivity contribution in [3.63, 3.8) is 0 Å². The fraction of sp³-hybridized carbons (Fsp3) is 0.0833. The molecule has 1 atom stereocenters. The Kier molecular flexibility index (Phi) is 2.03. The SMILES string of the molecule is C1=NC(c2cccs2)c2ccccc2N1. The topological polar surface area (TPSA) is 24.4 Å². The van der Waals surface area contributed by atoms with Crippen LogP contribution in [0.15, 0.2) is 46.8 Å². The van der Waals surface area contributed by atoms with Crippen LogP contribution in [0.5, 0.6) is 0 Å². The van der Waals surface area contributed by atoms with Crippen LogP contribution in [0.1, 0.15) is 16.5 Å². The van der Waals surface area contributed by atoms with Gasteiger partial charge in [0, 0.05) is 16.1 Å². The predicted octanol–water partition coefficient (Wildman–Crippen LogP) is 3.29. The lowest BCUT2D eigenvalue weighted by molar-refractivity contribution is 0.892. The zero-order valence-electron chi connectivity index (χ0n) is 8.05.